The Bertz CT molecular complexity index is 997. The van der Waals surface area contributed by atoms with Crippen molar-refractivity contribution < 1.29 is 24.5 Å². The molecule has 0 aliphatic carbocycles. The number of fused-ring (bicyclic) bond motifs is 1. The number of carboxylic acid groups (broad SMARTS) is 1. The van der Waals surface area contributed by atoms with Crippen molar-refractivity contribution in [3.8, 4) is 5.75 Å². The molecule has 0 bridgehead atoms. The maximum absolute atomic E-state index is 13.1. The summed E-state index contributed by atoms with van der Waals surface area (Å²) >= 11 is 0. The van der Waals surface area contributed by atoms with Crippen LogP contribution in [0.15, 0.2) is 48.7 Å². The van der Waals surface area contributed by atoms with Gasteiger partial charge in [0.1, 0.15) is 5.69 Å². The standard InChI is InChI=1S/C21H22N2O5/c1-3-28-17-10-7-11-23-18(13(2)22-20(17)23)16(24)12-15(19(25)21(26)27)14-8-5-4-6-9-14/h4-11,15,19,25H,3,12H2,1-2H3,(H,26,27)/t15-,19-/m1/s1. The van der Waals surface area contributed by atoms with E-state index in [9.17, 15) is 19.8 Å². The molecule has 7 nitrogen and oxygen atoms in total. The number of ketones is 1. The van der Waals surface area contributed by atoms with Crippen molar-refractivity contribution in [2.75, 3.05) is 6.61 Å². The number of rotatable bonds is 8. The number of ether oxygens (including phenoxy) is 1. The van der Waals surface area contributed by atoms with Gasteiger partial charge in [0.15, 0.2) is 23.3 Å². The van der Waals surface area contributed by atoms with Gasteiger partial charge in [-0.1, -0.05) is 30.3 Å². The third-order valence-electron chi connectivity index (χ3n) is 4.62. The van der Waals surface area contributed by atoms with Crippen molar-refractivity contribution in [1.82, 2.24) is 9.38 Å². The minimum atomic E-state index is -1.69. The fourth-order valence-corrected chi connectivity index (χ4v) is 3.34. The third kappa shape index (κ3) is 3.75. The van der Waals surface area contributed by atoms with Crippen molar-refractivity contribution in [2.24, 2.45) is 0 Å². The molecule has 146 valence electrons. The summed E-state index contributed by atoms with van der Waals surface area (Å²) in [6.07, 6.45) is -0.133. The number of aliphatic hydroxyl groups is 1. The van der Waals surface area contributed by atoms with Crippen LogP contribution in [0.3, 0.4) is 0 Å². The molecule has 0 saturated carbocycles. The maximum Gasteiger partial charge on any atom is 0.333 e. The highest BCUT2D eigenvalue weighted by molar-refractivity contribution is 5.97. The minimum absolute atomic E-state index is 0.162. The van der Waals surface area contributed by atoms with Crippen LogP contribution < -0.4 is 4.74 Å². The Morgan fingerprint density at radius 2 is 1.89 bits per heavy atom. The number of aliphatic hydroxyl groups excluding tert-OH is 1. The monoisotopic (exact) mass is 382 g/mol. The summed E-state index contributed by atoms with van der Waals surface area (Å²) in [6, 6.07) is 12.2. The summed E-state index contributed by atoms with van der Waals surface area (Å²) in [4.78, 5) is 28.9. The van der Waals surface area contributed by atoms with E-state index < -0.39 is 18.0 Å². The van der Waals surface area contributed by atoms with E-state index in [4.69, 9.17) is 4.74 Å². The molecule has 0 unspecified atom stereocenters. The zero-order valence-corrected chi connectivity index (χ0v) is 15.7. The van der Waals surface area contributed by atoms with Gasteiger partial charge in [-0.05, 0) is 31.5 Å². The smallest absolute Gasteiger partial charge is 0.333 e. The first-order valence-electron chi connectivity index (χ1n) is 9.03. The SMILES string of the molecule is CCOc1cccn2c(C(=O)C[C@H](c3ccccc3)[C@@H](O)C(=O)O)c(C)nc12. The van der Waals surface area contributed by atoms with Crippen LogP contribution in [0, 0.1) is 6.92 Å². The summed E-state index contributed by atoms with van der Waals surface area (Å²) in [5.41, 5.74) is 2.00. The summed E-state index contributed by atoms with van der Waals surface area (Å²) < 4.78 is 7.23. The molecule has 2 N–H and O–H groups in total. The fourth-order valence-electron chi connectivity index (χ4n) is 3.34. The van der Waals surface area contributed by atoms with Gasteiger partial charge in [-0.3, -0.25) is 9.20 Å². The lowest BCUT2D eigenvalue weighted by atomic mass is 9.88. The number of pyridine rings is 1. The van der Waals surface area contributed by atoms with Crippen molar-refractivity contribution in [1.29, 1.82) is 0 Å². The predicted molar refractivity (Wildman–Crippen MR) is 103 cm³/mol. The molecule has 0 saturated heterocycles. The van der Waals surface area contributed by atoms with Gasteiger partial charge < -0.3 is 14.9 Å². The Balaban J connectivity index is 2.00. The van der Waals surface area contributed by atoms with Crippen molar-refractivity contribution >= 4 is 17.4 Å². The van der Waals surface area contributed by atoms with Crippen molar-refractivity contribution in [3.63, 3.8) is 0 Å². The highest BCUT2D eigenvalue weighted by Crippen LogP contribution is 2.28. The van der Waals surface area contributed by atoms with Crippen LogP contribution in [0.25, 0.3) is 5.65 Å². The summed E-state index contributed by atoms with van der Waals surface area (Å²) in [5.74, 6) is -1.97. The normalized spacial score (nSPS) is 13.2. The lowest BCUT2D eigenvalue weighted by molar-refractivity contribution is -0.147. The summed E-state index contributed by atoms with van der Waals surface area (Å²) in [5, 5.41) is 19.5. The topological polar surface area (TPSA) is 101 Å². The largest absolute Gasteiger partial charge is 0.490 e. The van der Waals surface area contributed by atoms with E-state index in [1.54, 1.807) is 60.0 Å². The number of nitrogens with zero attached hydrogens (tertiary/aromatic N) is 2. The van der Waals surface area contributed by atoms with E-state index in [-0.39, 0.29) is 12.2 Å². The average molecular weight is 382 g/mol. The molecule has 3 aromatic rings. The Hall–Kier alpha value is -3.19. The number of carboxylic acids is 1. The van der Waals surface area contributed by atoms with Gasteiger partial charge in [-0.25, -0.2) is 9.78 Å². The molecular formula is C21H22N2O5. The minimum Gasteiger partial charge on any atom is -0.490 e. The second-order valence-corrected chi connectivity index (χ2v) is 6.47. The van der Waals surface area contributed by atoms with E-state index in [1.807, 2.05) is 6.92 Å². The van der Waals surface area contributed by atoms with E-state index in [0.717, 1.165) is 0 Å². The van der Waals surface area contributed by atoms with E-state index in [0.29, 0.717) is 35.0 Å². The van der Waals surface area contributed by atoms with E-state index in [1.165, 1.54) is 0 Å². The number of Topliss-reactive ketones (excluding diaryl/α,β-unsaturated/α-hetero) is 1. The van der Waals surface area contributed by atoms with Gasteiger partial charge in [-0.2, -0.15) is 0 Å². The number of aryl methyl sites for hydroxylation is 1. The number of aromatic nitrogens is 2. The Morgan fingerprint density at radius 3 is 2.54 bits per heavy atom. The lowest BCUT2D eigenvalue weighted by Gasteiger charge is -2.20. The fraction of sp³-hybridized carbons (Fsp3) is 0.286. The predicted octanol–water partition coefficient (Wildman–Crippen LogP) is 2.84. The third-order valence-corrected chi connectivity index (χ3v) is 4.62. The Labute approximate surface area is 162 Å². The molecule has 2 aromatic heterocycles. The molecule has 2 heterocycles. The van der Waals surface area contributed by atoms with Gasteiger partial charge in [0, 0.05) is 18.5 Å². The molecule has 0 aliphatic rings. The van der Waals surface area contributed by atoms with Crippen LogP contribution in [0.2, 0.25) is 0 Å². The Kier molecular flexibility index (Phi) is 5.75. The van der Waals surface area contributed by atoms with Gasteiger partial charge in [0.2, 0.25) is 0 Å². The molecule has 0 fully saturated rings. The van der Waals surface area contributed by atoms with Crippen LogP contribution in [0.5, 0.6) is 5.75 Å². The Morgan fingerprint density at radius 1 is 1.18 bits per heavy atom. The number of carbonyl (C=O) groups excluding carboxylic acids is 1. The molecular weight excluding hydrogens is 360 g/mol. The average Bonchev–Trinajstić information content (AvgIpc) is 3.03. The maximum atomic E-state index is 13.1. The molecule has 0 spiro atoms. The molecule has 0 amide bonds. The van der Waals surface area contributed by atoms with Crippen LogP contribution in [0.4, 0.5) is 0 Å². The van der Waals surface area contributed by atoms with Gasteiger partial charge in [0.05, 0.1) is 12.3 Å². The van der Waals surface area contributed by atoms with Gasteiger partial charge in [0.25, 0.3) is 0 Å². The van der Waals surface area contributed by atoms with Crippen molar-refractivity contribution in [3.05, 3.63) is 65.6 Å². The number of aliphatic carboxylic acids is 1. The number of hydrogen-bond donors (Lipinski definition) is 2. The quantitative estimate of drug-likeness (QED) is 0.581. The van der Waals surface area contributed by atoms with Gasteiger partial charge >= 0.3 is 5.97 Å². The van der Waals surface area contributed by atoms with Crippen LogP contribution in [0.1, 0.15) is 41.0 Å². The zero-order chi connectivity index (χ0) is 20.3. The molecule has 7 heteroatoms. The van der Waals surface area contributed by atoms with Crippen LogP contribution >= 0.6 is 0 Å². The second kappa shape index (κ2) is 8.22. The molecule has 0 aliphatic heterocycles. The van der Waals surface area contributed by atoms with E-state index >= 15 is 0 Å². The highest BCUT2D eigenvalue weighted by Gasteiger charge is 2.31. The number of carbonyl (C=O) groups is 2. The highest BCUT2D eigenvalue weighted by atomic mass is 16.5. The molecule has 0 radical (unpaired) electrons. The molecule has 3 rings (SSSR count). The van der Waals surface area contributed by atoms with Gasteiger partial charge in [-0.15, -0.1) is 0 Å². The molecule has 28 heavy (non-hydrogen) atoms. The van der Waals surface area contributed by atoms with Crippen LogP contribution in [-0.2, 0) is 4.79 Å². The number of imidazole rings is 1. The van der Waals surface area contributed by atoms with Crippen molar-refractivity contribution in [2.45, 2.75) is 32.3 Å². The first-order valence-corrected chi connectivity index (χ1v) is 9.03. The second-order valence-electron chi connectivity index (χ2n) is 6.47. The molecule has 2 atom stereocenters. The lowest BCUT2D eigenvalue weighted by Crippen LogP contribution is -2.29. The number of benzene rings is 1. The molecule has 1 aromatic carbocycles. The van der Waals surface area contributed by atoms with Crippen LogP contribution in [-0.4, -0.2) is 44.1 Å². The summed E-state index contributed by atoms with van der Waals surface area (Å²) in [7, 11) is 0. The number of hydrogen-bond acceptors (Lipinski definition) is 5. The first-order chi connectivity index (χ1) is 13.4. The van der Waals surface area contributed by atoms with E-state index in [2.05, 4.69) is 4.98 Å². The zero-order valence-electron chi connectivity index (χ0n) is 15.7. The first kappa shape index (κ1) is 19.6. The summed E-state index contributed by atoms with van der Waals surface area (Å²) in [6.45, 7) is 4.06.